The molecule has 3 aliphatic heterocycles. The standard InChI is InChI=1S/2C25H28N2O2.C24H27N3O2.C14H17N.C12H12O3.C8H7BrO.CH4O/c2*1-18(20-12-9-19(10-13-20)11-14-25(28)29-2)27-15-5-6-22(27)16-21-17-26-24-8-4-3-7-23(21)24;1-17(19-11-8-18(9-12-19)10-13-24(28)26-29)27-14-4-5-21(27)15-20-16-25-23-7-3-2-6-22(20)23;1-2-6-11(5-1)9-12-10-15-14-8-4-3-7-13(12)14;1-9(13)11-6-3-10(4-7-11)5-8-12(14)15-2;1-6(10)7-2-4-8(9)5-3-7;1-2/h2*3-4,7-14,17-18,22,26H,5-6,15-16H2,1-2H3;2-3,6-13,16-17,21,25,29H,4-5,14-15H2,1H3,(H,26,28);3-4,7-8,10-11,15H,1-2,5-6,9H2;3-8H,1-2H3;2-5H,1H3;2H,1H3/b2*14-11+;13-10+;;8-5+;;/t18-,22+;18-,22-;17?,21-;;;;/m011..../s1. The van der Waals surface area contributed by atoms with Crippen molar-refractivity contribution < 1.29 is 53.3 Å². The van der Waals surface area contributed by atoms with Crippen molar-refractivity contribution in [3.05, 3.63) is 344 Å². The average molecular weight is 1800 g/mol. The monoisotopic (exact) mass is 1800 g/mol. The van der Waals surface area contributed by atoms with Gasteiger partial charge in [0.25, 0.3) is 5.91 Å². The number of H-pyrrole nitrogens is 4. The number of benzene rings is 9. The maximum Gasteiger partial charge on any atom is 0.330 e. The quantitative estimate of drug-likeness (QED) is 0.00742. The highest BCUT2D eigenvalue weighted by atomic mass is 79.9. The Hall–Kier alpha value is -12.4. The molecule has 0 radical (unpaired) electrons. The van der Waals surface area contributed by atoms with Gasteiger partial charge in [0.05, 0.1) is 21.3 Å². The number of ether oxygens (including phenoxy) is 3. The van der Waals surface area contributed by atoms with Gasteiger partial charge in [-0.05, 0) is 246 Å². The second kappa shape index (κ2) is 49.8. The summed E-state index contributed by atoms with van der Waals surface area (Å²) in [5.41, 5.74) is 21.4. The van der Waals surface area contributed by atoms with Gasteiger partial charge >= 0.3 is 17.9 Å². The molecule has 7 heterocycles. The van der Waals surface area contributed by atoms with Gasteiger partial charge in [0.15, 0.2) is 11.6 Å². The van der Waals surface area contributed by atoms with Crippen molar-refractivity contribution in [3.63, 3.8) is 0 Å². The molecule has 9 aromatic carbocycles. The van der Waals surface area contributed by atoms with E-state index < -0.39 is 11.9 Å². The van der Waals surface area contributed by atoms with E-state index >= 15 is 0 Å². The van der Waals surface area contributed by atoms with Crippen molar-refractivity contribution in [2.75, 3.05) is 48.1 Å². The number of nitrogens with one attached hydrogen (secondary N) is 5. The second-order valence-electron chi connectivity index (χ2n) is 33.2. The molecule has 1 amide bonds. The number of carbonyl (C=O) groups excluding carboxylic acids is 6. The zero-order valence-corrected chi connectivity index (χ0v) is 77.1. The van der Waals surface area contributed by atoms with Gasteiger partial charge in [0.1, 0.15) is 0 Å². The van der Waals surface area contributed by atoms with Gasteiger partial charge < -0.3 is 39.3 Å². The topological polar surface area (TPSA) is 255 Å². The zero-order chi connectivity index (χ0) is 91.6. The van der Waals surface area contributed by atoms with Crippen LogP contribution in [-0.2, 0) is 59.1 Å². The van der Waals surface area contributed by atoms with Gasteiger partial charge in [-0.1, -0.05) is 224 Å². The number of aliphatic hydroxyl groups excluding tert-OH is 1. The smallest absolute Gasteiger partial charge is 0.330 e. The Bertz CT molecular complexity index is 5480. The summed E-state index contributed by atoms with van der Waals surface area (Å²) in [6, 6.07) is 76.5. The molecule has 19 nitrogen and oxygen atoms in total. The lowest BCUT2D eigenvalue weighted by molar-refractivity contribution is -0.135. The summed E-state index contributed by atoms with van der Waals surface area (Å²) in [6.07, 6.45) is 38.8. The number of hydrogen-bond acceptors (Lipinski definition) is 14. The van der Waals surface area contributed by atoms with Gasteiger partial charge in [0.2, 0.25) is 0 Å². The molecule has 20 heteroatoms. The number of Topliss-reactive ketones (excluding diaryl/α,β-unsaturated/α-hetero) is 2. The minimum Gasteiger partial charge on any atom is -0.466 e. The molecule has 7 N–H and O–H groups in total. The number of esters is 3. The van der Waals surface area contributed by atoms with Gasteiger partial charge in [-0.3, -0.25) is 34.3 Å². The molecule has 672 valence electrons. The highest BCUT2D eigenvalue weighted by molar-refractivity contribution is 9.10. The van der Waals surface area contributed by atoms with Gasteiger partial charge in [-0.25, -0.2) is 19.9 Å². The van der Waals surface area contributed by atoms with Crippen LogP contribution in [0.5, 0.6) is 0 Å². The molecule has 3 saturated heterocycles. The fourth-order valence-electron chi connectivity index (χ4n) is 17.9. The molecule has 1 unspecified atom stereocenters. The van der Waals surface area contributed by atoms with E-state index in [-0.39, 0.29) is 23.5 Å². The number of aromatic nitrogens is 4. The normalized spacial score (nSPS) is 16.5. The van der Waals surface area contributed by atoms with Crippen LogP contribution in [0.15, 0.2) is 272 Å². The summed E-state index contributed by atoms with van der Waals surface area (Å²) >= 11 is 3.28. The zero-order valence-electron chi connectivity index (χ0n) is 75.6. The molecule has 17 rings (SSSR count). The van der Waals surface area contributed by atoms with Crippen LogP contribution in [0.4, 0.5) is 0 Å². The first kappa shape index (κ1) is 97.2. The largest absolute Gasteiger partial charge is 0.466 e. The Labute approximate surface area is 766 Å². The van der Waals surface area contributed by atoms with E-state index in [0.717, 1.165) is 84.2 Å². The summed E-state index contributed by atoms with van der Waals surface area (Å²) in [4.78, 5) is 87.6. The van der Waals surface area contributed by atoms with E-state index in [1.807, 2.05) is 24.3 Å². The maximum absolute atomic E-state index is 11.3. The molecular weight excluding hydrogens is 1680 g/mol. The summed E-state index contributed by atoms with van der Waals surface area (Å²) in [6.45, 7) is 13.3. The van der Waals surface area contributed by atoms with Gasteiger partial charge in [-0.2, -0.15) is 0 Å². The molecule has 1 aliphatic carbocycles. The number of nitrogens with zero attached hydrogens (tertiary/aromatic N) is 3. The number of amides is 1. The number of aliphatic hydroxyl groups is 1. The fraction of sp³-hybridized carbons (Fsp3) is 0.303. The Balaban J connectivity index is 0.000000154. The van der Waals surface area contributed by atoms with Crippen LogP contribution in [0.25, 0.3) is 67.9 Å². The van der Waals surface area contributed by atoms with E-state index in [4.69, 9.17) is 10.3 Å². The lowest BCUT2D eigenvalue weighted by Crippen LogP contribution is -2.33. The van der Waals surface area contributed by atoms with Crippen LogP contribution in [0.3, 0.4) is 0 Å². The van der Waals surface area contributed by atoms with Crippen LogP contribution in [0.1, 0.15) is 199 Å². The number of likely N-dealkylation sites (tertiary alicyclic amines) is 3. The number of aromatic amines is 4. The first-order valence-corrected chi connectivity index (χ1v) is 45.5. The van der Waals surface area contributed by atoms with Crippen LogP contribution < -0.4 is 5.48 Å². The summed E-state index contributed by atoms with van der Waals surface area (Å²) in [7, 11) is 5.10. The predicted octanol–water partition coefficient (Wildman–Crippen LogP) is 22.9. The second-order valence-corrected chi connectivity index (χ2v) is 34.1. The maximum atomic E-state index is 11.3. The number of methoxy groups -OCH3 is 3. The molecule has 1 saturated carbocycles. The van der Waals surface area contributed by atoms with E-state index in [9.17, 15) is 28.8 Å². The highest BCUT2D eigenvalue weighted by Crippen LogP contribution is 2.38. The molecular formula is C109H123BrN8O11. The van der Waals surface area contributed by atoms with E-state index in [1.165, 1.54) is 206 Å². The number of ketones is 2. The Morgan fingerprint density at radius 3 is 0.938 bits per heavy atom. The van der Waals surface area contributed by atoms with E-state index in [1.54, 1.807) is 73.1 Å². The molecule has 0 bridgehead atoms. The van der Waals surface area contributed by atoms with Crippen LogP contribution in [0, 0.1) is 5.92 Å². The first-order valence-electron chi connectivity index (χ1n) is 44.7. The minimum absolute atomic E-state index is 0.0264. The molecule has 6 atom stereocenters. The number of fused-ring (bicyclic) bond motifs is 4. The molecule has 4 aliphatic rings. The Morgan fingerprint density at radius 2 is 0.651 bits per heavy atom. The highest BCUT2D eigenvalue weighted by Gasteiger charge is 2.33. The van der Waals surface area contributed by atoms with Crippen molar-refractivity contribution in [2.24, 2.45) is 5.92 Å². The number of carbonyl (C=O) groups is 6. The Kier molecular flexibility index (Phi) is 37.5. The lowest BCUT2D eigenvalue weighted by Gasteiger charge is -2.31. The molecule has 13 aromatic rings. The minimum atomic E-state index is -0.528. The average Bonchev–Trinajstić information content (AvgIpc) is 1.67. The number of hydroxylamine groups is 1. The van der Waals surface area contributed by atoms with Crippen molar-refractivity contribution in [3.8, 4) is 0 Å². The fourth-order valence-corrected chi connectivity index (χ4v) is 18.2. The summed E-state index contributed by atoms with van der Waals surface area (Å²) in [5, 5.41) is 21.0. The van der Waals surface area contributed by atoms with Crippen molar-refractivity contribution >= 4 is 119 Å². The lowest BCUT2D eigenvalue weighted by atomic mass is 9.98. The number of hydrogen-bond donors (Lipinski definition) is 7. The number of halogens is 1. The first-order chi connectivity index (χ1) is 62.7. The van der Waals surface area contributed by atoms with Gasteiger partial charge in [0, 0.05) is 152 Å². The number of para-hydroxylation sites is 4. The Morgan fingerprint density at radius 1 is 0.380 bits per heavy atom. The summed E-state index contributed by atoms with van der Waals surface area (Å²) < 4.78 is 14.7. The third-order valence-corrected chi connectivity index (χ3v) is 25.5. The molecule has 4 fully saturated rings. The van der Waals surface area contributed by atoms with Crippen LogP contribution in [-0.4, -0.2) is 147 Å². The predicted molar refractivity (Wildman–Crippen MR) is 525 cm³/mol. The third kappa shape index (κ3) is 28.1. The van der Waals surface area contributed by atoms with E-state index in [0.29, 0.717) is 41.8 Å². The van der Waals surface area contributed by atoms with Crippen molar-refractivity contribution in [1.29, 1.82) is 0 Å². The van der Waals surface area contributed by atoms with Crippen LogP contribution in [0.2, 0.25) is 0 Å². The van der Waals surface area contributed by atoms with Crippen molar-refractivity contribution in [2.45, 2.75) is 161 Å². The molecule has 4 aromatic heterocycles. The summed E-state index contributed by atoms with van der Waals surface area (Å²) in [5.74, 6) is -0.528. The molecule has 129 heavy (non-hydrogen) atoms. The molecule has 0 spiro atoms. The van der Waals surface area contributed by atoms with Gasteiger partial charge in [-0.15, -0.1) is 0 Å². The van der Waals surface area contributed by atoms with Crippen LogP contribution >= 0.6 is 15.9 Å². The SMILES string of the molecule is CC(=O)c1ccc(Br)cc1.CC(c1ccc(/C=C/C(=O)NO)cc1)N1CCC[C@@H]1Cc1c[nH]c2ccccc12.CO.COC(=O)/C=C/c1ccc(C(C)=O)cc1.COC(=O)/C=C/c1ccc([C@@H](C)N2CCC[C@@H]2Cc2c[nH]c3ccccc23)cc1.COC(=O)/C=C/c1ccc([C@H](C)N2CCC[C@@H]2Cc2c[nH]c3ccccc23)cc1.c1ccc2c(CC3CCCC3)c[nH]c2c1. The number of rotatable bonds is 24. The third-order valence-electron chi connectivity index (χ3n) is 25.0. The van der Waals surface area contributed by atoms with Crippen molar-refractivity contribution in [1.82, 2.24) is 40.1 Å². The van der Waals surface area contributed by atoms with E-state index in [2.05, 4.69) is 268 Å².